The van der Waals surface area contributed by atoms with Gasteiger partial charge in [0.2, 0.25) is 0 Å². The number of hydrogen-bond donors (Lipinski definition) is 0. The summed E-state index contributed by atoms with van der Waals surface area (Å²) in [5, 5.41) is 0. The molecule has 0 bridgehead atoms. The third-order valence-electron chi connectivity index (χ3n) is 3.98. The highest BCUT2D eigenvalue weighted by atomic mass is 14.8. The van der Waals surface area contributed by atoms with E-state index in [4.69, 9.17) is 0 Å². The lowest BCUT2D eigenvalue weighted by Crippen LogP contribution is -2.00. The lowest BCUT2D eigenvalue weighted by atomic mass is 9.94. The molecule has 0 aliphatic rings. The Morgan fingerprint density at radius 2 is 1.09 bits per heavy atom. The van der Waals surface area contributed by atoms with E-state index in [1.807, 2.05) is 13.8 Å². The number of aryl methyl sites for hydroxylation is 4. The molecule has 1 aromatic carbocycles. The highest BCUT2D eigenvalue weighted by Gasteiger charge is 2.07. The van der Waals surface area contributed by atoms with E-state index < -0.39 is 0 Å². The van der Waals surface area contributed by atoms with Crippen LogP contribution in [0.5, 0.6) is 0 Å². The molecule has 0 amide bonds. The van der Waals surface area contributed by atoms with Gasteiger partial charge < -0.3 is 0 Å². The maximum Gasteiger partial charge on any atom is 0.115 e. The van der Waals surface area contributed by atoms with E-state index in [2.05, 4.69) is 69.7 Å². The van der Waals surface area contributed by atoms with Crippen LogP contribution < -0.4 is 0 Å². The Kier molecular flexibility index (Phi) is 6.73. The summed E-state index contributed by atoms with van der Waals surface area (Å²) in [6.45, 7) is 17.3. The number of hydrogen-bond acceptors (Lipinski definition) is 2. The van der Waals surface area contributed by atoms with E-state index in [0.29, 0.717) is 11.8 Å². The smallest absolute Gasteiger partial charge is 0.115 e. The molecule has 120 valence electrons. The number of nitrogens with zero attached hydrogens (tertiary/aromatic N) is 2. The van der Waals surface area contributed by atoms with Crippen molar-refractivity contribution in [1.29, 1.82) is 0 Å². The highest BCUT2D eigenvalue weighted by molar-refractivity contribution is 5.35. The summed E-state index contributed by atoms with van der Waals surface area (Å²) in [4.78, 5) is 8.30. The van der Waals surface area contributed by atoms with Gasteiger partial charge in [0.15, 0.2) is 0 Å². The van der Waals surface area contributed by atoms with Crippen LogP contribution >= 0.6 is 0 Å². The zero-order valence-corrected chi connectivity index (χ0v) is 15.4. The van der Waals surface area contributed by atoms with Crippen LogP contribution in [0.25, 0.3) is 0 Å². The Bertz CT molecular complexity index is 517. The standard InChI is InChI=1S/C11H16.C9H14N2/c1-8(2)11-9(3)6-5-7-10(11)4;1-6(2)9-7(3)10-5-11-8(9)4/h5-8H,1-4H3;5-6H,1-4H3. The molecular formula is C20H30N2. The Labute approximate surface area is 136 Å². The minimum atomic E-state index is 0.524. The van der Waals surface area contributed by atoms with Gasteiger partial charge in [-0.05, 0) is 61.8 Å². The molecule has 2 nitrogen and oxygen atoms in total. The predicted octanol–water partition coefficient (Wildman–Crippen LogP) is 5.64. The maximum atomic E-state index is 4.15. The molecule has 0 radical (unpaired) electrons. The van der Waals surface area contributed by atoms with Crippen molar-refractivity contribution in [3.8, 4) is 0 Å². The largest absolute Gasteiger partial charge is 0.241 e. The second kappa shape index (κ2) is 8.07. The summed E-state index contributed by atoms with van der Waals surface area (Å²) >= 11 is 0. The van der Waals surface area contributed by atoms with Gasteiger partial charge in [0, 0.05) is 11.4 Å². The average Bonchev–Trinajstić information content (AvgIpc) is 2.38. The Balaban J connectivity index is 0.000000220. The van der Waals surface area contributed by atoms with Gasteiger partial charge in [0.25, 0.3) is 0 Å². The lowest BCUT2D eigenvalue weighted by Gasteiger charge is -2.12. The van der Waals surface area contributed by atoms with Crippen LogP contribution in [0.2, 0.25) is 0 Å². The van der Waals surface area contributed by atoms with Gasteiger partial charge in [-0.15, -0.1) is 0 Å². The molecule has 0 N–H and O–H groups in total. The molecular weight excluding hydrogens is 268 g/mol. The molecule has 0 saturated heterocycles. The third-order valence-corrected chi connectivity index (χ3v) is 3.98. The molecule has 22 heavy (non-hydrogen) atoms. The van der Waals surface area contributed by atoms with Crippen LogP contribution in [0.15, 0.2) is 24.5 Å². The fraction of sp³-hybridized carbons (Fsp3) is 0.500. The van der Waals surface area contributed by atoms with Crippen molar-refractivity contribution >= 4 is 0 Å². The molecule has 0 unspecified atom stereocenters. The van der Waals surface area contributed by atoms with E-state index in [1.54, 1.807) is 6.33 Å². The van der Waals surface area contributed by atoms with Crippen molar-refractivity contribution in [1.82, 2.24) is 9.97 Å². The Hall–Kier alpha value is -1.70. The second-order valence-corrected chi connectivity index (χ2v) is 6.57. The van der Waals surface area contributed by atoms with Crippen molar-refractivity contribution in [2.45, 2.75) is 67.2 Å². The molecule has 1 aromatic heterocycles. The van der Waals surface area contributed by atoms with Gasteiger partial charge >= 0.3 is 0 Å². The summed E-state index contributed by atoms with van der Waals surface area (Å²) < 4.78 is 0. The molecule has 2 heteroatoms. The first-order valence-electron chi connectivity index (χ1n) is 8.09. The minimum absolute atomic E-state index is 0.524. The quantitative estimate of drug-likeness (QED) is 0.716. The van der Waals surface area contributed by atoms with E-state index in [-0.39, 0.29) is 0 Å². The van der Waals surface area contributed by atoms with Crippen molar-refractivity contribution < 1.29 is 0 Å². The molecule has 0 aliphatic carbocycles. The molecule has 0 saturated carbocycles. The Morgan fingerprint density at radius 1 is 0.682 bits per heavy atom. The van der Waals surface area contributed by atoms with Crippen LogP contribution in [0.4, 0.5) is 0 Å². The first kappa shape index (κ1) is 18.3. The van der Waals surface area contributed by atoms with E-state index in [0.717, 1.165) is 11.4 Å². The van der Waals surface area contributed by atoms with Gasteiger partial charge in [-0.3, -0.25) is 0 Å². The van der Waals surface area contributed by atoms with Crippen LogP contribution in [0, 0.1) is 27.7 Å². The van der Waals surface area contributed by atoms with Crippen LogP contribution in [0.1, 0.15) is 73.2 Å². The third kappa shape index (κ3) is 4.66. The number of rotatable bonds is 2. The van der Waals surface area contributed by atoms with Gasteiger partial charge in [0.1, 0.15) is 6.33 Å². The number of aromatic nitrogens is 2. The average molecular weight is 298 g/mol. The summed E-state index contributed by atoms with van der Waals surface area (Å²) in [5.41, 5.74) is 7.83. The predicted molar refractivity (Wildman–Crippen MR) is 95.6 cm³/mol. The van der Waals surface area contributed by atoms with E-state index >= 15 is 0 Å². The van der Waals surface area contributed by atoms with Gasteiger partial charge in [-0.1, -0.05) is 45.9 Å². The van der Waals surface area contributed by atoms with Crippen molar-refractivity contribution in [3.05, 3.63) is 58.2 Å². The van der Waals surface area contributed by atoms with E-state index in [1.165, 1.54) is 22.3 Å². The molecule has 2 aromatic rings. The normalized spacial score (nSPS) is 10.6. The molecule has 0 atom stereocenters. The molecule has 0 aliphatic heterocycles. The van der Waals surface area contributed by atoms with Gasteiger partial charge in [-0.25, -0.2) is 9.97 Å². The van der Waals surface area contributed by atoms with E-state index in [9.17, 15) is 0 Å². The fourth-order valence-corrected chi connectivity index (χ4v) is 3.18. The van der Waals surface area contributed by atoms with Gasteiger partial charge in [0.05, 0.1) is 0 Å². The zero-order valence-electron chi connectivity index (χ0n) is 15.4. The van der Waals surface area contributed by atoms with Crippen LogP contribution in [-0.4, -0.2) is 9.97 Å². The van der Waals surface area contributed by atoms with Crippen LogP contribution in [0.3, 0.4) is 0 Å². The van der Waals surface area contributed by atoms with Crippen molar-refractivity contribution in [3.63, 3.8) is 0 Å². The summed E-state index contributed by atoms with van der Waals surface area (Å²) in [6, 6.07) is 6.49. The maximum absolute atomic E-state index is 4.15. The highest BCUT2D eigenvalue weighted by Crippen LogP contribution is 2.22. The molecule has 2 rings (SSSR count). The minimum Gasteiger partial charge on any atom is -0.241 e. The Morgan fingerprint density at radius 3 is 1.36 bits per heavy atom. The van der Waals surface area contributed by atoms with Crippen molar-refractivity contribution in [2.75, 3.05) is 0 Å². The van der Waals surface area contributed by atoms with Gasteiger partial charge in [-0.2, -0.15) is 0 Å². The SMILES string of the molecule is Cc1cccc(C)c1C(C)C.Cc1ncnc(C)c1C(C)C. The topological polar surface area (TPSA) is 25.8 Å². The fourth-order valence-electron chi connectivity index (χ4n) is 3.18. The lowest BCUT2D eigenvalue weighted by molar-refractivity contribution is 0.811. The summed E-state index contributed by atoms with van der Waals surface area (Å²) in [6.07, 6.45) is 1.62. The summed E-state index contributed by atoms with van der Waals surface area (Å²) in [7, 11) is 0. The molecule has 0 fully saturated rings. The monoisotopic (exact) mass is 298 g/mol. The summed E-state index contributed by atoms with van der Waals surface area (Å²) in [5.74, 6) is 1.17. The molecule has 1 heterocycles. The zero-order chi connectivity index (χ0) is 16.9. The second-order valence-electron chi connectivity index (χ2n) is 6.57. The molecule has 0 spiro atoms. The first-order valence-corrected chi connectivity index (χ1v) is 8.09. The van der Waals surface area contributed by atoms with Crippen LogP contribution in [-0.2, 0) is 0 Å². The first-order chi connectivity index (χ1) is 10.3. The number of benzene rings is 1. The van der Waals surface area contributed by atoms with Crippen molar-refractivity contribution in [2.24, 2.45) is 0 Å².